The van der Waals surface area contributed by atoms with Crippen LogP contribution in [0.3, 0.4) is 0 Å². The van der Waals surface area contributed by atoms with Crippen LogP contribution in [-0.4, -0.2) is 22.6 Å². The maximum Gasteiger partial charge on any atom is 0.225 e. The molecule has 134 valence electrons. The van der Waals surface area contributed by atoms with Crippen molar-refractivity contribution in [3.8, 4) is 0 Å². The molecule has 25 heavy (non-hydrogen) atoms. The van der Waals surface area contributed by atoms with Gasteiger partial charge in [-0.15, -0.1) is 0 Å². The zero-order chi connectivity index (χ0) is 18.0. The quantitative estimate of drug-likeness (QED) is 0.814. The molecule has 0 saturated carbocycles. The molecule has 0 amide bonds. The van der Waals surface area contributed by atoms with E-state index in [1.807, 2.05) is 6.07 Å². The molecule has 1 aliphatic rings. The number of nitrogens with one attached hydrogen (secondary N) is 1. The molecule has 1 N–H and O–H groups in total. The molecule has 0 aliphatic carbocycles. The van der Waals surface area contributed by atoms with Crippen LogP contribution in [0.1, 0.15) is 56.9 Å². The highest BCUT2D eigenvalue weighted by atomic mass is 35.5. The van der Waals surface area contributed by atoms with Crippen LogP contribution < -0.4 is 10.2 Å². The van der Waals surface area contributed by atoms with Gasteiger partial charge in [0.05, 0.1) is 5.69 Å². The summed E-state index contributed by atoms with van der Waals surface area (Å²) < 4.78 is 0. The zero-order valence-electron chi connectivity index (χ0n) is 15.5. The van der Waals surface area contributed by atoms with Gasteiger partial charge in [0.1, 0.15) is 5.82 Å². The number of aromatic nitrogens is 2. The van der Waals surface area contributed by atoms with Crippen molar-refractivity contribution in [3.63, 3.8) is 0 Å². The lowest BCUT2D eigenvalue weighted by molar-refractivity contribution is 0.707. The van der Waals surface area contributed by atoms with E-state index in [2.05, 4.69) is 56.1 Å². The van der Waals surface area contributed by atoms with E-state index < -0.39 is 0 Å². The SMILES string of the molecule is CC[C@@H](C)Nc1nc(C(C)C)cc(N2CCc3cc(Cl)ccc3C2)n1. The zero-order valence-corrected chi connectivity index (χ0v) is 16.3. The molecule has 2 aromatic rings. The first-order valence-corrected chi connectivity index (χ1v) is 9.51. The van der Waals surface area contributed by atoms with Crippen LogP contribution in [0.5, 0.6) is 0 Å². The van der Waals surface area contributed by atoms with E-state index in [1.165, 1.54) is 11.1 Å². The highest BCUT2D eigenvalue weighted by Gasteiger charge is 2.20. The topological polar surface area (TPSA) is 41.1 Å². The van der Waals surface area contributed by atoms with Crippen molar-refractivity contribution in [3.05, 3.63) is 46.1 Å². The smallest absolute Gasteiger partial charge is 0.225 e. The van der Waals surface area contributed by atoms with E-state index in [1.54, 1.807) is 0 Å². The monoisotopic (exact) mass is 358 g/mol. The van der Waals surface area contributed by atoms with Crippen LogP contribution in [0.4, 0.5) is 11.8 Å². The number of hydrogen-bond acceptors (Lipinski definition) is 4. The summed E-state index contributed by atoms with van der Waals surface area (Å²) in [5, 5.41) is 4.24. The Morgan fingerprint density at radius 3 is 2.68 bits per heavy atom. The first-order valence-electron chi connectivity index (χ1n) is 9.14. The van der Waals surface area contributed by atoms with Gasteiger partial charge in [-0.25, -0.2) is 4.98 Å². The molecule has 0 spiro atoms. The second-order valence-corrected chi connectivity index (χ2v) is 7.60. The average molecular weight is 359 g/mol. The van der Waals surface area contributed by atoms with Crippen LogP contribution in [0, 0.1) is 0 Å². The van der Waals surface area contributed by atoms with E-state index in [9.17, 15) is 0 Å². The summed E-state index contributed by atoms with van der Waals surface area (Å²) in [5.41, 5.74) is 3.76. The molecule has 4 nitrogen and oxygen atoms in total. The van der Waals surface area contributed by atoms with Gasteiger partial charge in [0.2, 0.25) is 5.95 Å². The van der Waals surface area contributed by atoms with E-state index in [-0.39, 0.29) is 0 Å². The first kappa shape index (κ1) is 18.0. The maximum absolute atomic E-state index is 6.13. The third kappa shape index (κ3) is 4.24. The van der Waals surface area contributed by atoms with Gasteiger partial charge >= 0.3 is 0 Å². The van der Waals surface area contributed by atoms with Gasteiger partial charge in [-0.05, 0) is 48.9 Å². The number of benzene rings is 1. The molecular formula is C20H27ClN4. The Morgan fingerprint density at radius 2 is 1.96 bits per heavy atom. The van der Waals surface area contributed by atoms with Gasteiger partial charge in [0, 0.05) is 30.2 Å². The Morgan fingerprint density at radius 1 is 1.16 bits per heavy atom. The number of anilines is 2. The highest BCUT2D eigenvalue weighted by molar-refractivity contribution is 6.30. The molecule has 0 unspecified atom stereocenters. The minimum absolute atomic E-state index is 0.361. The lowest BCUT2D eigenvalue weighted by Crippen LogP contribution is -2.31. The Hall–Kier alpha value is -1.81. The molecular weight excluding hydrogens is 332 g/mol. The normalized spacial score (nSPS) is 15.2. The molecule has 0 saturated heterocycles. The van der Waals surface area contributed by atoms with Crippen molar-refractivity contribution in [1.82, 2.24) is 9.97 Å². The van der Waals surface area contributed by atoms with Crippen molar-refractivity contribution in [2.45, 2.75) is 59.0 Å². The minimum atomic E-state index is 0.361. The van der Waals surface area contributed by atoms with Crippen LogP contribution in [0.25, 0.3) is 0 Å². The molecule has 0 bridgehead atoms. The Labute approximate surface area is 155 Å². The number of nitrogens with zero attached hydrogens (tertiary/aromatic N) is 3. The summed E-state index contributed by atoms with van der Waals surface area (Å²) in [7, 11) is 0. The van der Waals surface area contributed by atoms with Crippen LogP contribution in [0.15, 0.2) is 24.3 Å². The Kier molecular flexibility index (Phi) is 5.48. The molecule has 5 heteroatoms. The van der Waals surface area contributed by atoms with Crippen LogP contribution in [0.2, 0.25) is 5.02 Å². The third-order valence-electron chi connectivity index (χ3n) is 4.82. The number of rotatable bonds is 5. The molecule has 1 aromatic heterocycles. The summed E-state index contributed by atoms with van der Waals surface area (Å²) in [4.78, 5) is 11.8. The molecule has 1 atom stereocenters. The van der Waals surface area contributed by atoms with Gasteiger partial charge in [-0.1, -0.05) is 38.4 Å². The van der Waals surface area contributed by atoms with E-state index >= 15 is 0 Å². The molecule has 3 rings (SSSR count). The Balaban J connectivity index is 1.89. The van der Waals surface area contributed by atoms with Crippen molar-refractivity contribution in [2.75, 3.05) is 16.8 Å². The second-order valence-electron chi connectivity index (χ2n) is 7.17. The molecule has 0 radical (unpaired) electrons. The van der Waals surface area contributed by atoms with Gasteiger partial charge in [-0.2, -0.15) is 4.98 Å². The standard InChI is InChI=1S/C20H27ClN4/c1-5-14(4)22-20-23-18(13(2)3)11-19(24-20)25-9-8-15-10-17(21)7-6-16(15)12-25/h6-7,10-11,13-14H,5,8-9,12H2,1-4H3,(H,22,23,24)/t14-/m1/s1. The van der Waals surface area contributed by atoms with Crippen molar-refractivity contribution in [1.29, 1.82) is 0 Å². The lowest BCUT2D eigenvalue weighted by Gasteiger charge is -2.30. The fourth-order valence-electron chi connectivity index (χ4n) is 3.01. The highest BCUT2D eigenvalue weighted by Crippen LogP contribution is 2.28. The fraction of sp³-hybridized carbons (Fsp3) is 0.500. The van der Waals surface area contributed by atoms with Gasteiger partial charge in [-0.3, -0.25) is 0 Å². The summed E-state index contributed by atoms with van der Waals surface area (Å²) in [6, 6.07) is 8.68. The Bertz CT molecular complexity index is 744. The number of halogens is 1. The molecule has 1 aliphatic heterocycles. The van der Waals surface area contributed by atoms with E-state index in [4.69, 9.17) is 21.6 Å². The molecule has 2 heterocycles. The van der Waals surface area contributed by atoms with Gasteiger partial charge in [0.25, 0.3) is 0 Å². The summed E-state index contributed by atoms with van der Waals surface area (Å²) in [5.74, 6) is 2.11. The van der Waals surface area contributed by atoms with Crippen LogP contribution in [-0.2, 0) is 13.0 Å². The largest absolute Gasteiger partial charge is 0.352 e. The molecule has 0 fully saturated rings. The van der Waals surface area contributed by atoms with Gasteiger partial charge < -0.3 is 10.2 Å². The van der Waals surface area contributed by atoms with Crippen LogP contribution >= 0.6 is 11.6 Å². The van der Waals surface area contributed by atoms with Crippen molar-refractivity contribution < 1.29 is 0 Å². The van der Waals surface area contributed by atoms with Gasteiger partial charge in [0.15, 0.2) is 0 Å². The van der Waals surface area contributed by atoms with Crippen molar-refractivity contribution >= 4 is 23.4 Å². The summed E-state index contributed by atoms with van der Waals surface area (Å²) in [6.45, 7) is 10.5. The van der Waals surface area contributed by atoms with E-state index in [0.717, 1.165) is 48.4 Å². The molecule has 1 aromatic carbocycles. The predicted molar refractivity (Wildman–Crippen MR) is 106 cm³/mol. The fourth-order valence-corrected chi connectivity index (χ4v) is 3.21. The maximum atomic E-state index is 6.13. The summed E-state index contributed by atoms with van der Waals surface area (Å²) in [6.07, 6.45) is 2.04. The van der Waals surface area contributed by atoms with Crippen molar-refractivity contribution in [2.24, 2.45) is 0 Å². The first-order chi connectivity index (χ1) is 12.0. The number of hydrogen-bond donors (Lipinski definition) is 1. The predicted octanol–water partition coefficient (Wildman–Crippen LogP) is 5.03. The second kappa shape index (κ2) is 7.61. The number of fused-ring (bicyclic) bond motifs is 1. The minimum Gasteiger partial charge on any atom is -0.352 e. The summed E-state index contributed by atoms with van der Waals surface area (Å²) >= 11 is 6.13. The average Bonchev–Trinajstić information content (AvgIpc) is 2.60. The van der Waals surface area contributed by atoms with E-state index in [0.29, 0.717) is 12.0 Å². The lowest BCUT2D eigenvalue weighted by atomic mass is 10.00. The third-order valence-corrected chi connectivity index (χ3v) is 5.05.